The molecule has 2 aromatic heterocycles. The summed E-state index contributed by atoms with van der Waals surface area (Å²) in [6.45, 7) is 4.44. The normalized spacial score (nSPS) is 14.5. The molecule has 1 aliphatic rings. The summed E-state index contributed by atoms with van der Waals surface area (Å²) in [5.74, 6) is 0.692. The van der Waals surface area contributed by atoms with E-state index in [4.69, 9.17) is 10.5 Å². The minimum absolute atomic E-state index is 0.0612. The fraction of sp³-hybridized carbons (Fsp3) is 0.357. The standard InChI is InChI=1S/C28H34N6O3/c1-18(2)31-28(36)32-20-8-6-19(7-9-20)27-26(29)24-11-10-23(14-25(24)34(27)21-4-3-5-21)37-16-22(35)15-33-13-12-30-17-33/h6-14,17-18,21-22,35H,3-5,15-16,29H2,1-2H3,(H2,31,32,36). The number of hydrogen-bond acceptors (Lipinski definition) is 5. The maximum Gasteiger partial charge on any atom is 0.319 e. The van der Waals surface area contributed by atoms with Gasteiger partial charge in [0, 0.05) is 47.2 Å². The van der Waals surface area contributed by atoms with Crippen LogP contribution in [0.1, 0.15) is 39.2 Å². The second-order valence-electron chi connectivity index (χ2n) is 9.95. The van der Waals surface area contributed by atoms with E-state index in [0.717, 1.165) is 46.4 Å². The first-order valence-electron chi connectivity index (χ1n) is 12.8. The summed E-state index contributed by atoms with van der Waals surface area (Å²) in [7, 11) is 0. The molecular formula is C28H34N6O3. The molecule has 5 N–H and O–H groups in total. The molecule has 1 aliphatic carbocycles. The van der Waals surface area contributed by atoms with Crippen molar-refractivity contribution in [3.05, 3.63) is 61.2 Å². The molecule has 0 bridgehead atoms. The highest BCUT2D eigenvalue weighted by Gasteiger charge is 2.27. The Morgan fingerprint density at radius 2 is 2.00 bits per heavy atom. The van der Waals surface area contributed by atoms with Gasteiger partial charge in [0.15, 0.2) is 0 Å². The van der Waals surface area contributed by atoms with Crippen LogP contribution in [0.15, 0.2) is 61.2 Å². The number of nitrogens with two attached hydrogens (primary N) is 1. The molecule has 0 radical (unpaired) electrons. The minimum atomic E-state index is -0.654. The topological polar surface area (TPSA) is 119 Å². The fourth-order valence-corrected chi connectivity index (χ4v) is 4.75. The Morgan fingerprint density at radius 1 is 1.22 bits per heavy atom. The van der Waals surface area contributed by atoms with Crippen LogP contribution < -0.4 is 21.1 Å². The Balaban J connectivity index is 1.40. The van der Waals surface area contributed by atoms with Gasteiger partial charge in [-0.05, 0) is 57.4 Å². The zero-order chi connectivity index (χ0) is 25.9. The molecule has 0 spiro atoms. The molecule has 2 heterocycles. The largest absolute Gasteiger partial charge is 0.491 e. The number of imidazole rings is 1. The Morgan fingerprint density at radius 3 is 2.65 bits per heavy atom. The summed E-state index contributed by atoms with van der Waals surface area (Å²) in [5, 5.41) is 17.1. The second kappa shape index (κ2) is 10.6. The van der Waals surface area contributed by atoms with Gasteiger partial charge in [0.2, 0.25) is 0 Å². The van der Waals surface area contributed by atoms with Crippen LogP contribution >= 0.6 is 0 Å². The summed E-state index contributed by atoms with van der Waals surface area (Å²) in [5.41, 5.74) is 11.2. The Hall–Kier alpha value is -3.98. The van der Waals surface area contributed by atoms with Crippen LogP contribution in [0.25, 0.3) is 22.2 Å². The molecular weight excluding hydrogens is 468 g/mol. The van der Waals surface area contributed by atoms with Crippen LogP contribution in [0, 0.1) is 0 Å². The second-order valence-corrected chi connectivity index (χ2v) is 9.95. The number of nitrogen functional groups attached to an aromatic ring is 1. The number of fused-ring (bicyclic) bond motifs is 1. The third-order valence-corrected chi connectivity index (χ3v) is 6.71. The van der Waals surface area contributed by atoms with Gasteiger partial charge in [0.1, 0.15) is 18.5 Å². The summed E-state index contributed by atoms with van der Waals surface area (Å²) in [6, 6.07) is 13.9. The maximum absolute atomic E-state index is 12.1. The third-order valence-electron chi connectivity index (χ3n) is 6.71. The van der Waals surface area contributed by atoms with Crippen molar-refractivity contribution >= 4 is 28.3 Å². The monoisotopic (exact) mass is 502 g/mol. The molecule has 5 rings (SSSR count). The zero-order valence-electron chi connectivity index (χ0n) is 21.2. The van der Waals surface area contributed by atoms with E-state index in [0.29, 0.717) is 18.3 Å². The summed E-state index contributed by atoms with van der Waals surface area (Å²) >= 11 is 0. The highest BCUT2D eigenvalue weighted by Crippen LogP contribution is 2.44. The van der Waals surface area contributed by atoms with Crippen molar-refractivity contribution < 1.29 is 14.6 Å². The van der Waals surface area contributed by atoms with Gasteiger partial charge in [-0.2, -0.15) is 0 Å². The van der Waals surface area contributed by atoms with E-state index < -0.39 is 6.10 Å². The molecule has 0 saturated heterocycles. The van der Waals surface area contributed by atoms with Crippen molar-refractivity contribution in [2.75, 3.05) is 17.7 Å². The number of aliphatic hydroxyl groups is 1. The smallest absolute Gasteiger partial charge is 0.319 e. The van der Waals surface area contributed by atoms with E-state index in [1.807, 2.05) is 67.1 Å². The van der Waals surface area contributed by atoms with Crippen LogP contribution in [0.2, 0.25) is 0 Å². The van der Waals surface area contributed by atoms with Gasteiger partial charge in [-0.15, -0.1) is 0 Å². The van der Waals surface area contributed by atoms with Crippen molar-refractivity contribution in [2.45, 2.75) is 57.8 Å². The Bertz CT molecular complexity index is 1360. The molecule has 9 heteroatoms. The van der Waals surface area contributed by atoms with Gasteiger partial charge in [0.05, 0.1) is 29.8 Å². The lowest BCUT2D eigenvalue weighted by molar-refractivity contribution is 0.0925. The first kappa shape index (κ1) is 24.7. The number of hydrogen-bond donors (Lipinski definition) is 4. The number of carbonyl (C=O) groups is 1. The summed E-state index contributed by atoms with van der Waals surface area (Å²) in [6.07, 6.45) is 7.90. The molecule has 2 amide bonds. The molecule has 9 nitrogen and oxygen atoms in total. The molecule has 194 valence electrons. The molecule has 1 unspecified atom stereocenters. The van der Waals surface area contributed by atoms with Gasteiger partial charge < -0.3 is 35.3 Å². The third kappa shape index (κ3) is 5.41. The van der Waals surface area contributed by atoms with Crippen LogP contribution in [0.5, 0.6) is 5.75 Å². The van der Waals surface area contributed by atoms with Gasteiger partial charge in [-0.25, -0.2) is 9.78 Å². The van der Waals surface area contributed by atoms with E-state index in [9.17, 15) is 9.90 Å². The zero-order valence-corrected chi connectivity index (χ0v) is 21.2. The number of benzene rings is 2. The lowest BCUT2D eigenvalue weighted by atomic mass is 9.92. The SMILES string of the molecule is CC(C)NC(=O)Nc1ccc(-c2c(N)c3ccc(OCC(O)Cn4ccnc4)cc3n2C2CCC2)cc1. The number of aromatic nitrogens is 3. The van der Waals surface area contributed by atoms with Crippen molar-refractivity contribution in [1.82, 2.24) is 19.4 Å². The number of aliphatic hydroxyl groups excluding tert-OH is 1. The van der Waals surface area contributed by atoms with Crippen LogP contribution in [-0.2, 0) is 6.54 Å². The lowest BCUT2D eigenvalue weighted by Gasteiger charge is -2.30. The minimum Gasteiger partial charge on any atom is -0.491 e. The lowest BCUT2D eigenvalue weighted by Crippen LogP contribution is -2.34. The number of nitrogens with zero attached hydrogens (tertiary/aromatic N) is 3. The maximum atomic E-state index is 12.1. The molecule has 2 aromatic carbocycles. The van der Waals surface area contributed by atoms with Gasteiger partial charge >= 0.3 is 6.03 Å². The van der Waals surface area contributed by atoms with E-state index in [-0.39, 0.29) is 18.7 Å². The van der Waals surface area contributed by atoms with Gasteiger partial charge in [-0.3, -0.25) is 0 Å². The van der Waals surface area contributed by atoms with E-state index in [1.165, 1.54) is 6.42 Å². The summed E-state index contributed by atoms with van der Waals surface area (Å²) in [4.78, 5) is 16.1. The van der Waals surface area contributed by atoms with Gasteiger partial charge in [0.25, 0.3) is 0 Å². The number of amides is 2. The van der Waals surface area contributed by atoms with Crippen LogP contribution in [-0.4, -0.2) is 44.0 Å². The van der Waals surface area contributed by atoms with E-state index in [1.54, 1.807) is 12.5 Å². The number of rotatable bonds is 9. The van der Waals surface area contributed by atoms with Crippen molar-refractivity contribution in [3.63, 3.8) is 0 Å². The predicted octanol–water partition coefficient (Wildman–Crippen LogP) is 4.78. The number of nitrogens with one attached hydrogen (secondary N) is 2. The summed E-state index contributed by atoms with van der Waals surface area (Å²) < 4.78 is 10.1. The molecule has 1 atom stereocenters. The molecule has 37 heavy (non-hydrogen) atoms. The van der Waals surface area contributed by atoms with Gasteiger partial charge in [-0.1, -0.05) is 12.1 Å². The number of carbonyl (C=O) groups excluding carboxylic acids is 1. The van der Waals surface area contributed by atoms with Crippen molar-refractivity contribution in [3.8, 4) is 17.0 Å². The van der Waals surface area contributed by atoms with E-state index in [2.05, 4.69) is 20.2 Å². The Kier molecular flexibility index (Phi) is 7.05. The van der Waals surface area contributed by atoms with Crippen LogP contribution in [0.3, 0.4) is 0 Å². The average Bonchev–Trinajstić information content (AvgIpc) is 3.43. The Labute approximate surface area is 216 Å². The quantitative estimate of drug-likeness (QED) is 0.263. The molecule has 4 aromatic rings. The number of ether oxygens (including phenoxy) is 1. The average molecular weight is 503 g/mol. The van der Waals surface area contributed by atoms with Crippen molar-refractivity contribution in [1.29, 1.82) is 0 Å². The highest BCUT2D eigenvalue weighted by atomic mass is 16.5. The molecule has 1 fully saturated rings. The van der Waals surface area contributed by atoms with Crippen LogP contribution in [0.4, 0.5) is 16.2 Å². The highest BCUT2D eigenvalue weighted by molar-refractivity contribution is 6.02. The number of urea groups is 1. The number of anilines is 2. The molecule has 0 aliphatic heterocycles. The molecule has 1 saturated carbocycles. The first-order chi connectivity index (χ1) is 17.9. The first-order valence-corrected chi connectivity index (χ1v) is 12.8. The van der Waals surface area contributed by atoms with E-state index >= 15 is 0 Å². The van der Waals surface area contributed by atoms with Crippen molar-refractivity contribution in [2.24, 2.45) is 0 Å². The fourth-order valence-electron chi connectivity index (χ4n) is 4.75. The predicted molar refractivity (Wildman–Crippen MR) is 146 cm³/mol.